The van der Waals surface area contributed by atoms with Crippen molar-refractivity contribution in [1.29, 1.82) is 0 Å². The summed E-state index contributed by atoms with van der Waals surface area (Å²) in [6, 6.07) is 7.20. The van der Waals surface area contributed by atoms with Crippen molar-refractivity contribution in [3.63, 3.8) is 0 Å². The Kier molecular flexibility index (Phi) is 14.1. The van der Waals surface area contributed by atoms with Gasteiger partial charge in [-0.2, -0.15) is 0 Å². The van der Waals surface area contributed by atoms with E-state index in [-0.39, 0.29) is 18.1 Å². The van der Waals surface area contributed by atoms with Gasteiger partial charge < -0.3 is 21.7 Å². The molecule has 1 aromatic carbocycles. The zero-order valence-corrected chi connectivity index (χ0v) is 20.1. The van der Waals surface area contributed by atoms with Crippen molar-refractivity contribution in [3.8, 4) is 5.75 Å². The van der Waals surface area contributed by atoms with Gasteiger partial charge in [0.2, 0.25) is 0 Å². The number of hydrogen-bond donors (Lipinski definition) is 4. The van der Waals surface area contributed by atoms with Crippen molar-refractivity contribution in [1.82, 2.24) is 17.2 Å². The number of nitrogens with zero attached hydrogens (tertiary/aromatic N) is 1. The average molecular weight is 460 g/mol. The second-order valence-corrected chi connectivity index (χ2v) is 9.38. The van der Waals surface area contributed by atoms with Crippen molar-refractivity contribution in [2.45, 2.75) is 77.7 Å². The molecule has 0 amide bonds. The molecule has 9 heteroatoms. The van der Waals surface area contributed by atoms with Crippen LogP contribution in [0, 0.1) is 5.92 Å². The molecule has 0 heterocycles. The first-order valence-corrected chi connectivity index (χ1v) is 12.4. The largest absolute Gasteiger partial charge is 0.524 e. The summed E-state index contributed by atoms with van der Waals surface area (Å²) in [7, 11) is -4.52. The van der Waals surface area contributed by atoms with Crippen molar-refractivity contribution in [2.75, 3.05) is 13.1 Å². The zero-order chi connectivity index (χ0) is 21.3. The van der Waals surface area contributed by atoms with E-state index in [9.17, 15) is 9.36 Å². The van der Waals surface area contributed by atoms with Crippen molar-refractivity contribution < 1.29 is 23.7 Å². The van der Waals surface area contributed by atoms with Gasteiger partial charge in [0, 0.05) is 18.4 Å². The Balaban J connectivity index is 0.00000450. The Morgan fingerprint density at radius 2 is 1.74 bits per heavy atom. The Hall–Kier alpha value is -1.28. The van der Waals surface area contributed by atoms with Gasteiger partial charge in [0.15, 0.2) is 0 Å². The smallest absolute Gasteiger partial charge is 0.404 e. The summed E-state index contributed by atoms with van der Waals surface area (Å²) in [5.74, 6) is 0.922. The fourth-order valence-electron chi connectivity index (χ4n) is 4.22. The predicted molar refractivity (Wildman–Crippen MR) is 125 cm³/mol. The molecule has 2 rings (SSSR count). The number of phosphoric ester groups is 1. The second-order valence-electron chi connectivity index (χ2n) is 8.22. The summed E-state index contributed by atoms with van der Waals surface area (Å²) >= 11 is 0. The van der Waals surface area contributed by atoms with E-state index in [0.29, 0.717) is 24.2 Å². The van der Waals surface area contributed by atoms with E-state index in [1.54, 1.807) is 12.1 Å². The number of Topliss-reactive ketones (excluding diaryl/α,β-unsaturated/α-hetero) is 1. The fraction of sp³-hybridized carbons (Fsp3) is 0.682. The van der Waals surface area contributed by atoms with Gasteiger partial charge in [0.1, 0.15) is 11.5 Å². The minimum Gasteiger partial charge on any atom is -0.404 e. The van der Waals surface area contributed by atoms with E-state index in [0.717, 1.165) is 50.8 Å². The van der Waals surface area contributed by atoms with Crippen LogP contribution in [0.5, 0.6) is 5.75 Å². The van der Waals surface area contributed by atoms with Crippen LogP contribution in [0.4, 0.5) is 0 Å². The van der Waals surface area contributed by atoms with E-state index >= 15 is 0 Å². The Morgan fingerprint density at radius 1 is 1.13 bits per heavy atom. The van der Waals surface area contributed by atoms with Crippen LogP contribution in [0.1, 0.15) is 70.8 Å². The second kappa shape index (κ2) is 14.7. The first-order chi connectivity index (χ1) is 13.8. The molecule has 0 saturated heterocycles. The number of phosphoric acid groups is 1. The molecule has 1 atom stereocenters. The molecule has 31 heavy (non-hydrogen) atoms. The van der Waals surface area contributed by atoms with Crippen LogP contribution < -0.4 is 16.8 Å². The third kappa shape index (κ3) is 11.2. The summed E-state index contributed by atoms with van der Waals surface area (Å²) in [6.07, 6.45) is 9.34. The first-order valence-electron chi connectivity index (χ1n) is 10.9. The lowest BCUT2D eigenvalue weighted by atomic mass is 9.85. The molecule has 0 bridgehead atoms. The average Bonchev–Trinajstić information content (AvgIpc) is 2.68. The number of benzene rings is 1. The van der Waals surface area contributed by atoms with Gasteiger partial charge in [0.05, 0.1) is 0 Å². The molecule has 0 radical (unpaired) electrons. The summed E-state index contributed by atoms with van der Waals surface area (Å²) in [6.45, 7) is 6.28. The molecule has 8 N–H and O–H groups in total. The molecule has 0 aliphatic heterocycles. The SMILES string of the molecule is CCCN(CCCC(=O)C1CCCCC1)C(C)Cc1ccc(OP(=O)(O)O)cc1.N.N. The topological polar surface area (TPSA) is 157 Å². The minimum atomic E-state index is -4.52. The molecular weight excluding hydrogens is 417 g/mol. The van der Waals surface area contributed by atoms with Crippen LogP contribution in [0.2, 0.25) is 0 Å². The standard InChI is InChI=1S/C22H36NO5P.2H3N/c1-3-15-23(16-7-10-22(24)20-8-5-4-6-9-20)18(2)17-19-11-13-21(14-12-19)28-29(25,26)27;;/h11-14,18,20H,3-10,15-17H2,1-2H3,(H2,25,26,27);2*1H3. The first kappa shape index (κ1) is 29.7. The molecule has 1 aliphatic rings. The quantitative estimate of drug-likeness (QED) is 0.316. The number of carbonyl (C=O) groups is 1. The van der Waals surface area contributed by atoms with Gasteiger partial charge in [-0.05, 0) is 69.8 Å². The van der Waals surface area contributed by atoms with Crippen molar-refractivity contribution in [2.24, 2.45) is 5.92 Å². The maximum atomic E-state index is 12.4. The van der Waals surface area contributed by atoms with Crippen LogP contribution in [0.25, 0.3) is 0 Å². The van der Waals surface area contributed by atoms with E-state index < -0.39 is 7.82 Å². The van der Waals surface area contributed by atoms with Gasteiger partial charge in [-0.25, -0.2) is 4.57 Å². The lowest BCUT2D eigenvalue weighted by Gasteiger charge is -2.29. The highest BCUT2D eigenvalue weighted by Gasteiger charge is 2.21. The molecule has 1 unspecified atom stereocenters. The van der Waals surface area contributed by atoms with Crippen molar-refractivity contribution in [3.05, 3.63) is 29.8 Å². The lowest BCUT2D eigenvalue weighted by molar-refractivity contribution is -0.124. The number of hydrogen-bond acceptors (Lipinski definition) is 6. The molecule has 0 aromatic heterocycles. The fourth-order valence-corrected chi connectivity index (χ4v) is 4.62. The lowest BCUT2D eigenvalue weighted by Crippen LogP contribution is -2.36. The Bertz CT molecular complexity index is 674. The molecule has 180 valence electrons. The summed E-state index contributed by atoms with van der Waals surface area (Å²) in [5, 5.41) is 0. The summed E-state index contributed by atoms with van der Waals surface area (Å²) < 4.78 is 15.5. The summed E-state index contributed by atoms with van der Waals surface area (Å²) in [4.78, 5) is 32.6. The molecule has 1 saturated carbocycles. The highest BCUT2D eigenvalue weighted by molar-refractivity contribution is 7.46. The van der Waals surface area contributed by atoms with Gasteiger partial charge in [-0.15, -0.1) is 0 Å². The zero-order valence-electron chi connectivity index (χ0n) is 19.2. The van der Waals surface area contributed by atoms with Crippen molar-refractivity contribution >= 4 is 13.6 Å². The van der Waals surface area contributed by atoms with Crippen LogP contribution in [0.3, 0.4) is 0 Å². The predicted octanol–water partition coefficient (Wildman–Crippen LogP) is 5.05. The minimum absolute atomic E-state index is 0. The molecule has 0 spiro atoms. The molecule has 8 nitrogen and oxygen atoms in total. The van der Waals surface area contributed by atoms with Gasteiger partial charge in [-0.3, -0.25) is 14.6 Å². The maximum absolute atomic E-state index is 12.4. The summed E-state index contributed by atoms with van der Waals surface area (Å²) in [5.41, 5.74) is 1.09. The number of carbonyl (C=O) groups excluding carboxylic acids is 1. The van der Waals surface area contributed by atoms with E-state index in [2.05, 4.69) is 23.3 Å². The normalized spacial score (nSPS) is 15.6. The van der Waals surface area contributed by atoms with Crippen LogP contribution in [0.15, 0.2) is 24.3 Å². The maximum Gasteiger partial charge on any atom is 0.524 e. The van der Waals surface area contributed by atoms with Crippen LogP contribution in [-0.4, -0.2) is 39.6 Å². The van der Waals surface area contributed by atoms with E-state index in [1.807, 2.05) is 12.1 Å². The molecule has 1 fully saturated rings. The molecule has 1 aromatic rings. The monoisotopic (exact) mass is 459 g/mol. The Morgan fingerprint density at radius 3 is 2.29 bits per heavy atom. The third-order valence-corrected chi connectivity index (χ3v) is 6.19. The van der Waals surface area contributed by atoms with E-state index in [4.69, 9.17) is 9.79 Å². The van der Waals surface area contributed by atoms with Crippen LogP contribution in [-0.2, 0) is 15.8 Å². The van der Waals surface area contributed by atoms with Gasteiger partial charge in [0.25, 0.3) is 0 Å². The van der Waals surface area contributed by atoms with Gasteiger partial charge in [-0.1, -0.05) is 38.3 Å². The third-order valence-electron chi connectivity index (χ3n) is 5.74. The molecular formula is C22H42N3O5P. The molecule has 1 aliphatic carbocycles. The Labute approximate surface area is 187 Å². The number of rotatable bonds is 12. The number of ketones is 1. The van der Waals surface area contributed by atoms with Crippen LogP contribution >= 0.6 is 7.82 Å². The van der Waals surface area contributed by atoms with E-state index in [1.165, 1.54) is 19.3 Å². The highest BCUT2D eigenvalue weighted by Crippen LogP contribution is 2.37. The highest BCUT2D eigenvalue weighted by atomic mass is 31.2. The van der Waals surface area contributed by atoms with Gasteiger partial charge >= 0.3 is 7.82 Å².